The van der Waals surface area contributed by atoms with Gasteiger partial charge in [-0.3, -0.25) is 0 Å². The molecule has 0 aliphatic rings. The van der Waals surface area contributed by atoms with Gasteiger partial charge in [-0.2, -0.15) is 5.26 Å². The maximum absolute atomic E-state index is 8.97. The van der Waals surface area contributed by atoms with Crippen LogP contribution in [0.4, 0.5) is 0 Å². The molecular formula is C21H14ClN3. The number of nitriles is 1. The van der Waals surface area contributed by atoms with Crippen molar-refractivity contribution < 1.29 is 0 Å². The molecule has 0 unspecified atom stereocenters. The summed E-state index contributed by atoms with van der Waals surface area (Å²) < 4.78 is 2.18. The van der Waals surface area contributed by atoms with E-state index in [1.807, 2.05) is 66.7 Å². The molecule has 0 aliphatic heterocycles. The average molecular weight is 344 g/mol. The molecule has 4 heteroatoms. The Bertz CT molecular complexity index is 1090. The third kappa shape index (κ3) is 3.00. The van der Waals surface area contributed by atoms with Gasteiger partial charge in [-0.05, 0) is 42.0 Å². The van der Waals surface area contributed by atoms with Crippen LogP contribution >= 0.6 is 11.6 Å². The number of rotatable bonds is 3. The first-order chi connectivity index (χ1) is 12.2. The minimum Gasteiger partial charge on any atom is -0.319 e. The Morgan fingerprint density at radius 1 is 0.960 bits per heavy atom. The number of fused-ring (bicyclic) bond motifs is 1. The molecule has 120 valence electrons. The van der Waals surface area contributed by atoms with Gasteiger partial charge in [0.15, 0.2) is 0 Å². The highest BCUT2D eigenvalue weighted by molar-refractivity contribution is 6.30. The molecule has 0 spiro atoms. The Morgan fingerprint density at radius 3 is 2.52 bits per heavy atom. The first kappa shape index (κ1) is 15.4. The number of imidazole rings is 1. The number of hydrogen-bond donors (Lipinski definition) is 0. The van der Waals surface area contributed by atoms with Gasteiger partial charge >= 0.3 is 0 Å². The van der Waals surface area contributed by atoms with Gasteiger partial charge in [-0.25, -0.2) is 4.98 Å². The lowest BCUT2D eigenvalue weighted by atomic mass is 10.1. The van der Waals surface area contributed by atoms with Crippen LogP contribution in [0.2, 0.25) is 5.02 Å². The fourth-order valence-electron chi connectivity index (χ4n) is 2.95. The van der Waals surface area contributed by atoms with Crippen molar-refractivity contribution in [1.29, 1.82) is 5.26 Å². The second kappa shape index (κ2) is 6.43. The van der Waals surface area contributed by atoms with Crippen molar-refractivity contribution >= 4 is 22.6 Å². The first-order valence-electron chi connectivity index (χ1n) is 7.95. The molecule has 4 rings (SSSR count). The van der Waals surface area contributed by atoms with Crippen molar-refractivity contribution in [2.75, 3.05) is 0 Å². The zero-order valence-electron chi connectivity index (χ0n) is 13.4. The van der Waals surface area contributed by atoms with E-state index in [2.05, 4.69) is 16.7 Å². The summed E-state index contributed by atoms with van der Waals surface area (Å²) in [5.41, 5.74) is 4.78. The molecule has 0 radical (unpaired) electrons. The molecule has 0 saturated heterocycles. The summed E-state index contributed by atoms with van der Waals surface area (Å²) in [6, 6.07) is 25.6. The molecule has 4 aromatic rings. The summed E-state index contributed by atoms with van der Waals surface area (Å²) in [5, 5.41) is 9.66. The van der Waals surface area contributed by atoms with Crippen LogP contribution in [0.15, 0.2) is 72.8 Å². The van der Waals surface area contributed by atoms with Gasteiger partial charge in [0, 0.05) is 17.1 Å². The number of halogens is 1. The Labute approximate surface area is 150 Å². The van der Waals surface area contributed by atoms with Crippen molar-refractivity contribution in [3.05, 3.63) is 88.9 Å². The average Bonchev–Trinajstić information content (AvgIpc) is 3.01. The highest BCUT2D eigenvalue weighted by Crippen LogP contribution is 2.27. The smallest absolute Gasteiger partial charge is 0.141 e. The summed E-state index contributed by atoms with van der Waals surface area (Å²) in [6.45, 7) is 0.675. The molecule has 25 heavy (non-hydrogen) atoms. The van der Waals surface area contributed by atoms with E-state index in [0.717, 1.165) is 28.0 Å². The minimum atomic E-state index is 0.661. The molecule has 3 aromatic carbocycles. The number of para-hydroxylation sites is 2. The molecule has 0 amide bonds. The number of nitrogens with zero attached hydrogens (tertiary/aromatic N) is 3. The van der Waals surface area contributed by atoms with Crippen LogP contribution in [0.1, 0.15) is 11.1 Å². The Morgan fingerprint density at radius 2 is 1.76 bits per heavy atom. The summed E-state index contributed by atoms with van der Waals surface area (Å²) in [6.07, 6.45) is 0. The Hall–Kier alpha value is -3.09. The monoisotopic (exact) mass is 343 g/mol. The predicted molar refractivity (Wildman–Crippen MR) is 100 cm³/mol. The summed E-state index contributed by atoms with van der Waals surface area (Å²) >= 11 is 6.17. The maximum Gasteiger partial charge on any atom is 0.141 e. The quantitative estimate of drug-likeness (QED) is 0.508. The number of aromatic nitrogens is 2. The minimum absolute atomic E-state index is 0.661. The second-order valence-corrected chi connectivity index (χ2v) is 6.27. The molecule has 0 saturated carbocycles. The van der Waals surface area contributed by atoms with Gasteiger partial charge in [0.25, 0.3) is 0 Å². The van der Waals surface area contributed by atoms with E-state index in [1.54, 1.807) is 0 Å². The third-order valence-corrected chi connectivity index (χ3v) is 4.40. The van der Waals surface area contributed by atoms with Crippen molar-refractivity contribution in [2.45, 2.75) is 6.54 Å². The summed E-state index contributed by atoms with van der Waals surface area (Å²) in [7, 11) is 0. The van der Waals surface area contributed by atoms with Gasteiger partial charge in [0.2, 0.25) is 0 Å². The van der Waals surface area contributed by atoms with Crippen molar-refractivity contribution in [2.24, 2.45) is 0 Å². The molecule has 0 aliphatic carbocycles. The van der Waals surface area contributed by atoms with Gasteiger partial charge in [0.05, 0.1) is 22.7 Å². The fourth-order valence-corrected chi connectivity index (χ4v) is 3.14. The van der Waals surface area contributed by atoms with Crippen LogP contribution in [0, 0.1) is 11.3 Å². The third-order valence-electron chi connectivity index (χ3n) is 4.16. The zero-order valence-corrected chi connectivity index (χ0v) is 14.1. The van der Waals surface area contributed by atoms with Crippen molar-refractivity contribution in [1.82, 2.24) is 9.55 Å². The lowest BCUT2D eigenvalue weighted by Crippen LogP contribution is -2.02. The van der Waals surface area contributed by atoms with E-state index in [9.17, 15) is 0 Å². The van der Waals surface area contributed by atoms with Crippen LogP contribution in [-0.4, -0.2) is 9.55 Å². The lowest BCUT2D eigenvalue weighted by Gasteiger charge is -2.10. The zero-order chi connectivity index (χ0) is 17.2. The van der Waals surface area contributed by atoms with E-state index in [1.165, 1.54) is 0 Å². The van der Waals surface area contributed by atoms with Crippen LogP contribution in [0.5, 0.6) is 0 Å². The number of hydrogen-bond acceptors (Lipinski definition) is 2. The molecule has 0 bridgehead atoms. The standard InChI is InChI=1S/C21H14ClN3/c22-18-5-3-4-17(12-18)21-24-19-6-1-2-7-20(19)25(21)14-16-10-8-15(13-23)9-11-16/h1-12H,14H2. The highest BCUT2D eigenvalue weighted by Gasteiger charge is 2.13. The van der Waals surface area contributed by atoms with Crippen molar-refractivity contribution in [3.63, 3.8) is 0 Å². The molecule has 1 heterocycles. The Balaban J connectivity index is 1.85. The second-order valence-electron chi connectivity index (χ2n) is 5.83. The SMILES string of the molecule is N#Cc1ccc(Cn2c(-c3cccc(Cl)c3)nc3ccccc32)cc1. The highest BCUT2D eigenvalue weighted by atomic mass is 35.5. The van der Waals surface area contributed by atoms with Gasteiger partial charge < -0.3 is 4.57 Å². The van der Waals surface area contributed by atoms with Gasteiger partial charge in [-0.15, -0.1) is 0 Å². The van der Waals surface area contributed by atoms with E-state index < -0.39 is 0 Å². The van der Waals surface area contributed by atoms with Gasteiger partial charge in [-0.1, -0.05) is 48.0 Å². The van der Waals surface area contributed by atoms with Crippen LogP contribution < -0.4 is 0 Å². The topological polar surface area (TPSA) is 41.6 Å². The van der Waals surface area contributed by atoms with E-state index >= 15 is 0 Å². The summed E-state index contributed by atoms with van der Waals surface area (Å²) in [5.74, 6) is 0.882. The van der Waals surface area contributed by atoms with Crippen molar-refractivity contribution in [3.8, 4) is 17.5 Å². The van der Waals surface area contributed by atoms with Crippen LogP contribution in [0.25, 0.3) is 22.4 Å². The largest absolute Gasteiger partial charge is 0.319 e. The maximum atomic E-state index is 8.97. The fraction of sp³-hybridized carbons (Fsp3) is 0.0476. The van der Waals surface area contributed by atoms with E-state index in [-0.39, 0.29) is 0 Å². The van der Waals surface area contributed by atoms with Crippen LogP contribution in [-0.2, 0) is 6.54 Å². The van der Waals surface area contributed by atoms with Gasteiger partial charge in [0.1, 0.15) is 5.82 Å². The van der Waals surface area contributed by atoms with E-state index in [4.69, 9.17) is 21.8 Å². The first-order valence-corrected chi connectivity index (χ1v) is 8.32. The molecule has 0 N–H and O–H groups in total. The Kier molecular flexibility index (Phi) is 3.97. The molecule has 3 nitrogen and oxygen atoms in total. The predicted octanol–water partition coefficient (Wildman–Crippen LogP) is 5.28. The molecular weight excluding hydrogens is 330 g/mol. The molecule has 0 fully saturated rings. The lowest BCUT2D eigenvalue weighted by molar-refractivity contribution is 0.834. The molecule has 1 aromatic heterocycles. The normalized spacial score (nSPS) is 10.7. The molecule has 0 atom stereocenters. The van der Waals surface area contributed by atoms with Crippen LogP contribution in [0.3, 0.4) is 0 Å². The van der Waals surface area contributed by atoms with E-state index in [0.29, 0.717) is 17.1 Å². The number of benzene rings is 3. The summed E-state index contributed by atoms with van der Waals surface area (Å²) in [4.78, 5) is 4.81.